The highest BCUT2D eigenvalue weighted by Crippen LogP contribution is 2.19. The number of carbonyl (C=O) groups is 2. The molecule has 12 heavy (non-hydrogen) atoms. The number of carboxylic acids is 1. The predicted molar refractivity (Wildman–Crippen MR) is 48.0 cm³/mol. The molecule has 1 unspecified atom stereocenters. The molecule has 0 fully saturated rings. The van der Waals surface area contributed by atoms with Crippen molar-refractivity contribution in [3.05, 3.63) is 0 Å². The van der Waals surface area contributed by atoms with Gasteiger partial charge in [0.1, 0.15) is 0 Å². The molecule has 0 saturated carbocycles. The van der Waals surface area contributed by atoms with E-state index >= 15 is 0 Å². The summed E-state index contributed by atoms with van der Waals surface area (Å²) in [5.74, 6) is -1.70. The number of thioether (sulfide) groups is 1. The van der Waals surface area contributed by atoms with Gasteiger partial charge < -0.3 is 10.8 Å². The molecule has 0 heterocycles. The molecule has 0 rings (SSSR count). The van der Waals surface area contributed by atoms with Crippen LogP contribution in [0.4, 0.5) is 0 Å². The zero-order valence-electron chi connectivity index (χ0n) is 7.16. The molecular formula is C7H13NO3S. The summed E-state index contributed by atoms with van der Waals surface area (Å²) < 4.78 is 0. The number of rotatable bonds is 5. The molecule has 0 aromatic carbocycles. The van der Waals surface area contributed by atoms with Crippen LogP contribution in [0.25, 0.3) is 0 Å². The number of hydrogen-bond donors (Lipinski definition) is 2. The van der Waals surface area contributed by atoms with Crippen molar-refractivity contribution in [1.82, 2.24) is 0 Å². The van der Waals surface area contributed by atoms with Gasteiger partial charge in [-0.2, -0.15) is 0 Å². The lowest BCUT2D eigenvalue weighted by atomic mass is 10.1. The van der Waals surface area contributed by atoms with Crippen molar-refractivity contribution in [2.75, 3.05) is 6.26 Å². The molecular weight excluding hydrogens is 178 g/mol. The van der Waals surface area contributed by atoms with Gasteiger partial charge in [-0.05, 0) is 12.7 Å². The molecule has 5 heteroatoms. The van der Waals surface area contributed by atoms with E-state index in [0.29, 0.717) is 6.42 Å². The van der Waals surface area contributed by atoms with Gasteiger partial charge in [0, 0.05) is 6.42 Å². The minimum Gasteiger partial charge on any atom is -0.479 e. The summed E-state index contributed by atoms with van der Waals surface area (Å²) in [5.41, 5.74) is 5.38. The maximum Gasteiger partial charge on any atom is 0.342 e. The van der Waals surface area contributed by atoms with Crippen molar-refractivity contribution in [2.45, 2.75) is 24.6 Å². The summed E-state index contributed by atoms with van der Waals surface area (Å²) in [4.78, 5) is 20.1. The third-order valence-corrected chi connectivity index (χ3v) is 2.58. The Morgan fingerprint density at radius 1 is 1.58 bits per heavy atom. The normalized spacial score (nSPS) is 15.2. The third-order valence-electron chi connectivity index (χ3n) is 1.53. The van der Waals surface area contributed by atoms with Crippen molar-refractivity contribution < 1.29 is 14.7 Å². The average molecular weight is 191 g/mol. The Bertz CT molecular complexity index is 195. The van der Waals surface area contributed by atoms with E-state index in [-0.39, 0.29) is 6.42 Å². The van der Waals surface area contributed by atoms with Gasteiger partial charge in [-0.15, -0.1) is 11.8 Å². The fraction of sp³-hybridized carbons (Fsp3) is 0.714. The summed E-state index contributed by atoms with van der Waals surface area (Å²) in [6.07, 6.45) is 2.34. The zero-order chi connectivity index (χ0) is 9.78. The molecule has 4 nitrogen and oxygen atoms in total. The summed E-state index contributed by atoms with van der Waals surface area (Å²) in [7, 11) is 0. The van der Waals surface area contributed by atoms with Crippen LogP contribution in [0.2, 0.25) is 0 Å². The van der Waals surface area contributed by atoms with Crippen LogP contribution in [0.1, 0.15) is 19.8 Å². The smallest absolute Gasteiger partial charge is 0.342 e. The molecule has 0 radical (unpaired) electrons. The molecule has 0 aliphatic carbocycles. The molecule has 0 aromatic rings. The summed E-state index contributed by atoms with van der Waals surface area (Å²) >= 11 is 0.857. The lowest BCUT2D eigenvalue weighted by Gasteiger charge is -2.19. The van der Waals surface area contributed by atoms with E-state index in [2.05, 4.69) is 0 Å². The van der Waals surface area contributed by atoms with Gasteiger partial charge in [-0.1, -0.05) is 6.92 Å². The van der Waals surface area contributed by atoms with E-state index < -0.39 is 16.6 Å². The molecule has 1 atom stereocenters. The van der Waals surface area contributed by atoms with Crippen molar-refractivity contribution in [3.63, 3.8) is 0 Å². The van der Waals surface area contributed by atoms with E-state index in [1.54, 1.807) is 6.92 Å². The molecule has 0 aliphatic rings. The van der Waals surface area contributed by atoms with Crippen molar-refractivity contribution in [1.29, 1.82) is 0 Å². The Balaban J connectivity index is 4.52. The van der Waals surface area contributed by atoms with E-state index in [0.717, 1.165) is 11.8 Å². The van der Waals surface area contributed by atoms with Crippen LogP contribution in [-0.4, -0.2) is 28.0 Å². The van der Waals surface area contributed by atoms with Crippen molar-refractivity contribution >= 4 is 23.5 Å². The SMILES string of the molecule is CCCC(=O)C(N)(SC)C(=O)O. The first kappa shape index (κ1) is 11.4. The van der Waals surface area contributed by atoms with Crippen LogP contribution in [0, 0.1) is 0 Å². The van der Waals surface area contributed by atoms with Gasteiger partial charge in [0.15, 0.2) is 5.78 Å². The van der Waals surface area contributed by atoms with Crippen LogP contribution in [-0.2, 0) is 9.59 Å². The Morgan fingerprint density at radius 2 is 2.08 bits per heavy atom. The first-order chi connectivity index (χ1) is 5.49. The number of hydrogen-bond acceptors (Lipinski definition) is 4. The zero-order valence-corrected chi connectivity index (χ0v) is 7.98. The van der Waals surface area contributed by atoms with Gasteiger partial charge in [-0.25, -0.2) is 4.79 Å². The van der Waals surface area contributed by atoms with E-state index in [1.165, 1.54) is 6.26 Å². The molecule has 70 valence electrons. The number of aliphatic carboxylic acids is 1. The van der Waals surface area contributed by atoms with Crippen LogP contribution >= 0.6 is 11.8 Å². The van der Waals surface area contributed by atoms with Gasteiger partial charge in [0.05, 0.1) is 0 Å². The molecule has 0 aromatic heterocycles. The van der Waals surface area contributed by atoms with E-state index in [1.807, 2.05) is 0 Å². The summed E-state index contributed by atoms with van der Waals surface area (Å²) in [6, 6.07) is 0. The van der Waals surface area contributed by atoms with Gasteiger partial charge in [0.2, 0.25) is 4.87 Å². The van der Waals surface area contributed by atoms with Crippen molar-refractivity contribution in [2.24, 2.45) is 5.73 Å². The van der Waals surface area contributed by atoms with Crippen LogP contribution in [0.3, 0.4) is 0 Å². The Labute approximate surface area is 75.5 Å². The second-order valence-electron chi connectivity index (χ2n) is 2.42. The molecule has 0 spiro atoms. The second kappa shape index (κ2) is 4.47. The minimum absolute atomic E-state index is 0.212. The molecule has 0 saturated heterocycles. The van der Waals surface area contributed by atoms with Crippen LogP contribution in [0.15, 0.2) is 0 Å². The minimum atomic E-state index is -1.75. The highest BCUT2D eigenvalue weighted by Gasteiger charge is 2.40. The van der Waals surface area contributed by atoms with E-state index in [9.17, 15) is 9.59 Å². The maximum absolute atomic E-state index is 11.2. The third kappa shape index (κ3) is 2.22. The summed E-state index contributed by atoms with van der Waals surface area (Å²) in [6.45, 7) is 1.81. The molecule has 0 amide bonds. The van der Waals surface area contributed by atoms with Gasteiger partial charge in [0.25, 0.3) is 0 Å². The number of carbonyl (C=O) groups excluding carboxylic acids is 1. The first-order valence-corrected chi connectivity index (χ1v) is 4.82. The number of Topliss-reactive ketones (excluding diaryl/α,β-unsaturated/α-hetero) is 1. The van der Waals surface area contributed by atoms with Crippen molar-refractivity contribution in [3.8, 4) is 0 Å². The molecule has 0 bridgehead atoms. The highest BCUT2D eigenvalue weighted by atomic mass is 32.2. The average Bonchev–Trinajstić information content (AvgIpc) is 2.03. The monoisotopic (exact) mass is 191 g/mol. The molecule has 3 N–H and O–H groups in total. The Hall–Kier alpha value is -0.550. The lowest BCUT2D eigenvalue weighted by molar-refractivity contribution is -0.143. The maximum atomic E-state index is 11.2. The first-order valence-electron chi connectivity index (χ1n) is 3.59. The predicted octanol–water partition coefficient (Wildman–Crippen LogP) is 0.458. The topological polar surface area (TPSA) is 80.4 Å². The van der Waals surface area contributed by atoms with Gasteiger partial charge >= 0.3 is 5.97 Å². The quantitative estimate of drug-likeness (QED) is 0.487. The number of nitrogens with two attached hydrogens (primary N) is 1. The second-order valence-corrected chi connectivity index (χ2v) is 3.47. The fourth-order valence-electron chi connectivity index (χ4n) is 0.733. The molecule has 0 aliphatic heterocycles. The van der Waals surface area contributed by atoms with Gasteiger partial charge in [-0.3, -0.25) is 4.79 Å². The Morgan fingerprint density at radius 3 is 2.33 bits per heavy atom. The fourth-order valence-corrected chi connectivity index (χ4v) is 1.24. The number of carboxylic acid groups (broad SMARTS) is 1. The van der Waals surface area contributed by atoms with E-state index in [4.69, 9.17) is 10.8 Å². The largest absolute Gasteiger partial charge is 0.479 e. The number of ketones is 1. The Kier molecular flexibility index (Phi) is 4.26. The summed E-state index contributed by atoms with van der Waals surface area (Å²) in [5, 5.41) is 8.66. The highest BCUT2D eigenvalue weighted by molar-refractivity contribution is 8.01. The van der Waals surface area contributed by atoms with Crippen LogP contribution < -0.4 is 5.73 Å². The standard InChI is InChI=1S/C7H13NO3S/c1-3-4-5(9)7(8,12-2)6(10)11/h3-4,8H2,1-2H3,(H,10,11). The van der Waals surface area contributed by atoms with Crippen LogP contribution in [0.5, 0.6) is 0 Å². The lowest BCUT2D eigenvalue weighted by Crippen LogP contribution is -2.51.